The van der Waals surface area contributed by atoms with E-state index in [1.165, 1.54) is 7.11 Å². The summed E-state index contributed by atoms with van der Waals surface area (Å²) in [5.74, 6) is 0.761. The highest BCUT2D eigenvalue weighted by atomic mass is 16.6. The molecule has 0 aliphatic rings. The predicted molar refractivity (Wildman–Crippen MR) is 59.9 cm³/mol. The Morgan fingerprint density at radius 1 is 1.25 bits per heavy atom. The van der Waals surface area contributed by atoms with Gasteiger partial charge in [-0.15, -0.1) is 0 Å². The molecule has 0 aliphatic carbocycles. The first kappa shape index (κ1) is 12.4. The highest BCUT2D eigenvalue weighted by Crippen LogP contribution is 2.28. The van der Waals surface area contributed by atoms with Gasteiger partial charge in [-0.05, 0) is 24.1 Å². The molecule has 88 valence electrons. The zero-order chi connectivity index (χ0) is 12.0. The molecule has 4 nitrogen and oxygen atoms in total. The second kappa shape index (κ2) is 6.00. The fourth-order valence-corrected chi connectivity index (χ4v) is 1.25. The molecule has 1 aromatic carbocycles. The van der Waals surface area contributed by atoms with Gasteiger partial charge in [0.15, 0.2) is 18.1 Å². The van der Waals surface area contributed by atoms with Crippen molar-refractivity contribution >= 4 is 5.97 Å². The molecule has 0 saturated carbocycles. The highest BCUT2D eigenvalue weighted by molar-refractivity contribution is 5.71. The largest absolute Gasteiger partial charge is 0.493 e. The summed E-state index contributed by atoms with van der Waals surface area (Å²) in [7, 11) is 2.89. The van der Waals surface area contributed by atoms with Crippen molar-refractivity contribution in [2.75, 3.05) is 20.8 Å². The third-order valence-corrected chi connectivity index (χ3v) is 2.21. The van der Waals surface area contributed by atoms with E-state index in [-0.39, 0.29) is 6.61 Å². The molecule has 0 amide bonds. The van der Waals surface area contributed by atoms with E-state index in [0.29, 0.717) is 11.5 Å². The maximum Gasteiger partial charge on any atom is 0.343 e. The summed E-state index contributed by atoms with van der Waals surface area (Å²) in [6.07, 6.45) is 0.901. The van der Waals surface area contributed by atoms with Gasteiger partial charge in [0.05, 0.1) is 14.2 Å². The summed E-state index contributed by atoms with van der Waals surface area (Å²) >= 11 is 0. The normalized spacial score (nSPS) is 9.69. The van der Waals surface area contributed by atoms with E-state index >= 15 is 0 Å². The molecule has 0 heterocycles. The van der Waals surface area contributed by atoms with Crippen molar-refractivity contribution in [1.82, 2.24) is 0 Å². The third kappa shape index (κ3) is 3.15. The van der Waals surface area contributed by atoms with Crippen molar-refractivity contribution in [2.24, 2.45) is 0 Å². The van der Waals surface area contributed by atoms with Gasteiger partial charge in [0.1, 0.15) is 0 Å². The second-order valence-electron chi connectivity index (χ2n) is 3.20. The van der Waals surface area contributed by atoms with E-state index in [4.69, 9.17) is 9.47 Å². The van der Waals surface area contributed by atoms with Crippen molar-refractivity contribution in [3.63, 3.8) is 0 Å². The van der Waals surface area contributed by atoms with Crippen LogP contribution in [0.15, 0.2) is 18.2 Å². The van der Waals surface area contributed by atoms with Gasteiger partial charge in [0, 0.05) is 0 Å². The minimum atomic E-state index is -0.413. The van der Waals surface area contributed by atoms with Crippen LogP contribution in [0.2, 0.25) is 0 Å². The van der Waals surface area contributed by atoms with Crippen LogP contribution >= 0.6 is 0 Å². The minimum Gasteiger partial charge on any atom is -0.493 e. The Morgan fingerprint density at radius 3 is 2.56 bits per heavy atom. The third-order valence-electron chi connectivity index (χ3n) is 2.21. The Kier molecular flexibility index (Phi) is 4.64. The molecule has 16 heavy (non-hydrogen) atoms. The molecular weight excluding hydrogens is 208 g/mol. The van der Waals surface area contributed by atoms with Crippen molar-refractivity contribution < 1.29 is 19.0 Å². The molecule has 4 heteroatoms. The summed E-state index contributed by atoms with van der Waals surface area (Å²) in [5, 5.41) is 0. The van der Waals surface area contributed by atoms with Crippen LogP contribution in [0.1, 0.15) is 12.5 Å². The molecular formula is C12H16O4. The zero-order valence-corrected chi connectivity index (χ0v) is 9.78. The lowest BCUT2D eigenvalue weighted by Crippen LogP contribution is -2.13. The van der Waals surface area contributed by atoms with Gasteiger partial charge in [0.2, 0.25) is 0 Å². The lowest BCUT2D eigenvalue weighted by Gasteiger charge is -2.10. The molecule has 0 atom stereocenters. The number of benzene rings is 1. The number of carbonyl (C=O) groups is 1. The first-order valence-corrected chi connectivity index (χ1v) is 5.07. The number of hydrogen-bond donors (Lipinski definition) is 0. The number of hydrogen-bond acceptors (Lipinski definition) is 4. The molecule has 0 fully saturated rings. The molecule has 0 unspecified atom stereocenters. The Morgan fingerprint density at radius 2 is 2.00 bits per heavy atom. The van der Waals surface area contributed by atoms with E-state index in [1.807, 2.05) is 25.1 Å². The molecule has 0 spiro atoms. The number of aryl methyl sites for hydroxylation is 1. The molecule has 0 aliphatic heterocycles. The fourth-order valence-electron chi connectivity index (χ4n) is 1.25. The molecule has 0 aromatic heterocycles. The van der Waals surface area contributed by atoms with E-state index < -0.39 is 5.97 Å². The van der Waals surface area contributed by atoms with Crippen LogP contribution in [-0.4, -0.2) is 26.8 Å². The van der Waals surface area contributed by atoms with Crippen LogP contribution in [0.5, 0.6) is 11.5 Å². The Labute approximate surface area is 95.1 Å². The SMILES string of the molecule is CCc1ccc(OC)c(OCC(=O)OC)c1. The number of rotatable bonds is 5. The van der Waals surface area contributed by atoms with Gasteiger partial charge in [0.25, 0.3) is 0 Å². The molecule has 0 saturated heterocycles. The molecule has 0 N–H and O–H groups in total. The minimum absolute atomic E-state index is 0.111. The number of carbonyl (C=O) groups excluding carboxylic acids is 1. The second-order valence-corrected chi connectivity index (χ2v) is 3.20. The quantitative estimate of drug-likeness (QED) is 0.715. The van der Waals surface area contributed by atoms with Crippen molar-refractivity contribution in [1.29, 1.82) is 0 Å². The first-order chi connectivity index (χ1) is 7.71. The zero-order valence-electron chi connectivity index (χ0n) is 9.78. The molecule has 1 aromatic rings. The fraction of sp³-hybridized carbons (Fsp3) is 0.417. The monoisotopic (exact) mass is 224 g/mol. The van der Waals surface area contributed by atoms with Gasteiger partial charge >= 0.3 is 5.97 Å². The van der Waals surface area contributed by atoms with Gasteiger partial charge in [-0.3, -0.25) is 0 Å². The average molecular weight is 224 g/mol. The van der Waals surface area contributed by atoms with E-state index in [0.717, 1.165) is 12.0 Å². The summed E-state index contributed by atoms with van der Waals surface area (Å²) in [5.41, 5.74) is 1.13. The standard InChI is InChI=1S/C12H16O4/c1-4-9-5-6-10(14-2)11(7-9)16-8-12(13)15-3/h5-7H,4,8H2,1-3H3. The van der Waals surface area contributed by atoms with E-state index in [2.05, 4.69) is 4.74 Å². The Hall–Kier alpha value is -1.71. The summed E-state index contributed by atoms with van der Waals surface area (Å²) in [6.45, 7) is 1.94. The lowest BCUT2D eigenvalue weighted by molar-refractivity contribution is -0.142. The average Bonchev–Trinajstić information content (AvgIpc) is 2.35. The maximum atomic E-state index is 11.0. The van der Waals surface area contributed by atoms with Crippen molar-refractivity contribution in [3.05, 3.63) is 23.8 Å². The van der Waals surface area contributed by atoms with Crippen LogP contribution in [-0.2, 0) is 16.0 Å². The molecule has 0 radical (unpaired) electrons. The lowest BCUT2D eigenvalue weighted by atomic mass is 10.1. The first-order valence-electron chi connectivity index (χ1n) is 5.07. The van der Waals surface area contributed by atoms with Crippen molar-refractivity contribution in [3.8, 4) is 11.5 Å². The summed E-state index contributed by atoms with van der Waals surface area (Å²) in [4.78, 5) is 11.0. The number of ether oxygens (including phenoxy) is 3. The van der Waals surface area contributed by atoms with Crippen LogP contribution in [0.4, 0.5) is 0 Å². The summed E-state index contributed by atoms with van der Waals surface area (Å²) in [6, 6.07) is 5.65. The highest BCUT2D eigenvalue weighted by Gasteiger charge is 2.08. The molecule has 0 bridgehead atoms. The van der Waals surface area contributed by atoms with Crippen LogP contribution in [0.3, 0.4) is 0 Å². The van der Waals surface area contributed by atoms with Crippen LogP contribution < -0.4 is 9.47 Å². The van der Waals surface area contributed by atoms with Gasteiger partial charge in [-0.1, -0.05) is 13.0 Å². The van der Waals surface area contributed by atoms with Crippen LogP contribution in [0.25, 0.3) is 0 Å². The number of esters is 1. The van der Waals surface area contributed by atoms with E-state index in [9.17, 15) is 4.79 Å². The maximum absolute atomic E-state index is 11.0. The topological polar surface area (TPSA) is 44.8 Å². The molecule has 1 rings (SSSR count). The Balaban J connectivity index is 2.78. The van der Waals surface area contributed by atoms with Gasteiger partial charge < -0.3 is 14.2 Å². The van der Waals surface area contributed by atoms with E-state index in [1.54, 1.807) is 7.11 Å². The van der Waals surface area contributed by atoms with Gasteiger partial charge in [-0.2, -0.15) is 0 Å². The summed E-state index contributed by atoms with van der Waals surface area (Å²) < 4.78 is 15.0. The number of methoxy groups -OCH3 is 2. The van der Waals surface area contributed by atoms with Crippen LogP contribution in [0, 0.1) is 0 Å². The Bertz CT molecular complexity index is 360. The predicted octanol–water partition coefficient (Wildman–Crippen LogP) is 1.81. The van der Waals surface area contributed by atoms with Crippen molar-refractivity contribution in [2.45, 2.75) is 13.3 Å². The smallest absolute Gasteiger partial charge is 0.343 e. The van der Waals surface area contributed by atoms with Gasteiger partial charge in [-0.25, -0.2) is 4.79 Å².